The number of nitrogens with zero attached hydrogens (tertiary/aromatic N) is 3. The van der Waals surface area contributed by atoms with Gasteiger partial charge in [-0.2, -0.15) is 5.11 Å². The molecule has 0 aliphatic carbocycles. The van der Waals surface area contributed by atoms with Gasteiger partial charge in [-0.15, -0.1) is 0 Å². The first-order chi connectivity index (χ1) is 7.86. The second kappa shape index (κ2) is 7.63. The van der Waals surface area contributed by atoms with Crippen molar-refractivity contribution in [3.8, 4) is 0 Å². The van der Waals surface area contributed by atoms with Crippen molar-refractivity contribution in [3.05, 3.63) is 48.7 Å². The molecule has 0 unspecified atom stereocenters. The zero-order valence-electron chi connectivity index (χ0n) is 9.84. The summed E-state index contributed by atoms with van der Waals surface area (Å²) in [6.07, 6.45) is 5.08. The smallest absolute Gasteiger partial charge is 0.0509 e. The summed E-state index contributed by atoms with van der Waals surface area (Å²) in [4.78, 5) is 0. The molecule has 16 heavy (non-hydrogen) atoms. The summed E-state index contributed by atoms with van der Waals surface area (Å²) in [7, 11) is 1.67. The van der Waals surface area contributed by atoms with Crippen LogP contribution in [-0.2, 0) is 6.42 Å². The summed E-state index contributed by atoms with van der Waals surface area (Å²) >= 11 is 0. The molecule has 0 saturated heterocycles. The Morgan fingerprint density at radius 1 is 1.25 bits per heavy atom. The molecule has 0 atom stereocenters. The molecule has 86 valence electrons. The first kappa shape index (κ1) is 12.4. The lowest BCUT2D eigenvalue weighted by Crippen LogP contribution is -2.10. The van der Waals surface area contributed by atoms with Crippen LogP contribution in [0.3, 0.4) is 0 Å². The first-order valence-corrected chi connectivity index (χ1v) is 5.59. The molecule has 0 aliphatic rings. The Balaban J connectivity index is 2.19. The van der Waals surface area contributed by atoms with E-state index in [-0.39, 0.29) is 0 Å². The minimum Gasteiger partial charge on any atom is -0.255 e. The van der Waals surface area contributed by atoms with Gasteiger partial charge < -0.3 is 0 Å². The van der Waals surface area contributed by atoms with E-state index in [1.807, 2.05) is 6.07 Å². The summed E-state index contributed by atoms with van der Waals surface area (Å²) < 4.78 is 0. The minimum absolute atomic E-state index is 0.883. The number of rotatable bonds is 7. The van der Waals surface area contributed by atoms with Gasteiger partial charge in [0, 0.05) is 12.7 Å². The van der Waals surface area contributed by atoms with Crippen LogP contribution in [0.1, 0.15) is 18.4 Å². The van der Waals surface area contributed by atoms with Gasteiger partial charge in [0.15, 0.2) is 0 Å². The monoisotopic (exact) mass is 217 g/mol. The van der Waals surface area contributed by atoms with Crippen molar-refractivity contribution in [2.75, 3.05) is 13.6 Å². The van der Waals surface area contributed by atoms with Crippen molar-refractivity contribution < 1.29 is 0 Å². The van der Waals surface area contributed by atoms with Crippen molar-refractivity contribution in [1.29, 1.82) is 0 Å². The van der Waals surface area contributed by atoms with Crippen LogP contribution in [0.4, 0.5) is 0 Å². The molecule has 0 spiro atoms. The maximum Gasteiger partial charge on any atom is 0.0509 e. The Labute approximate surface area is 97.5 Å². The average molecular weight is 217 g/mol. The molecule has 0 heterocycles. The van der Waals surface area contributed by atoms with E-state index >= 15 is 0 Å². The third-order valence-electron chi connectivity index (χ3n) is 2.36. The summed E-state index contributed by atoms with van der Waals surface area (Å²) in [5.74, 6) is 0. The molecule has 0 fully saturated rings. The molecule has 0 bridgehead atoms. The fraction of sp³-hybridized carbons (Fsp3) is 0.385. The highest BCUT2D eigenvalue weighted by molar-refractivity contribution is 5.14. The molecule has 1 rings (SSSR count). The maximum absolute atomic E-state index is 3.93. The highest BCUT2D eigenvalue weighted by Crippen LogP contribution is 2.05. The van der Waals surface area contributed by atoms with Gasteiger partial charge in [0.05, 0.1) is 7.05 Å². The van der Waals surface area contributed by atoms with E-state index in [0.29, 0.717) is 0 Å². The zero-order valence-corrected chi connectivity index (χ0v) is 9.84. The molecule has 0 aromatic heterocycles. The molecule has 0 aliphatic heterocycles. The topological polar surface area (TPSA) is 28.0 Å². The lowest BCUT2D eigenvalue weighted by atomic mass is 10.1. The number of aryl methyl sites for hydroxylation is 1. The Bertz CT molecular complexity index is 319. The third-order valence-corrected chi connectivity index (χ3v) is 2.36. The van der Waals surface area contributed by atoms with E-state index in [0.717, 1.165) is 25.8 Å². The Hall–Kier alpha value is -1.64. The standard InChI is InChI=1S/C13H19N3/c1-3-16(15-14-2)12-8-7-11-13-9-5-4-6-10-13/h3-6,9-10H,1,7-8,11-12H2,2H3. The summed E-state index contributed by atoms with van der Waals surface area (Å²) in [6.45, 7) is 4.57. The number of hydrogen-bond acceptors (Lipinski definition) is 2. The van der Waals surface area contributed by atoms with Gasteiger partial charge in [-0.1, -0.05) is 42.1 Å². The van der Waals surface area contributed by atoms with E-state index in [9.17, 15) is 0 Å². The van der Waals surface area contributed by atoms with Crippen molar-refractivity contribution >= 4 is 0 Å². The van der Waals surface area contributed by atoms with Gasteiger partial charge in [-0.05, 0) is 24.8 Å². The molecule has 0 N–H and O–H groups in total. The zero-order chi connectivity index (χ0) is 11.6. The van der Waals surface area contributed by atoms with Crippen LogP contribution in [0, 0.1) is 0 Å². The summed E-state index contributed by atoms with van der Waals surface area (Å²) in [5.41, 5.74) is 1.39. The third kappa shape index (κ3) is 4.73. The first-order valence-electron chi connectivity index (χ1n) is 5.59. The van der Waals surface area contributed by atoms with E-state index in [4.69, 9.17) is 0 Å². The van der Waals surface area contributed by atoms with E-state index in [2.05, 4.69) is 41.2 Å². The molecule has 0 radical (unpaired) electrons. The largest absolute Gasteiger partial charge is 0.255 e. The Morgan fingerprint density at radius 3 is 2.62 bits per heavy atom. The van der Waals surface area contributed by atoms with Crippen molar-refractivity contribution in [3.63, 3.8) is 0 Å². The quantitative estimate of drug-likeness (QED) is 0.390. The van der Waals surface area contributed by atoms with Gasteiger partial charge in [0.1, 0.15) is 0 Å². The van der Waals surface area contributed by atoms with E-state index < -0.39 is 0 Å². The summed E-state index contributed by atoms with van der Waals surface area (Å²) in [6, 6.07) is 10.5. The normalized spacial score (nSPS) is 10.6. The van der Waals surface area contributed by atoms with Gasteiger partial charge in [0.2, 0.25) is 0 Å². The second-order valence-corrected chi connectivity index (χ2v) is 3.58. The molecular weight excluding hydrogens is 198 g/mol. The Kier molecular flexibility index (Phi) is 5.92. The predicted molar refractivity (Wildman–Crippen MR) is 67.1 cm³/mol. The highest BCUT2D eigenvalue weighted by Gasteiger charge is 1.96. The molecule has 0 amide bonds. The van der Waals surface area contributed by atoms with Crippen LogP contribution in [0.15, 0.2) is 53.4 Å². The molecular formula is C13H19N3. The van der Waals surface area contributed by atoms with Crippen LogP contribution >= 0.6 is 0 Å². The van der Waals surface area contributed by atoms with Crippen molar-refractivity contribution in [2.45, 2.75) is 19.3 Å². The number of benzene rings is 1. The van der Waals surface area contributed by atoms with Crippen molar-refractivity contribution in [2.24, 2.45) is 10.3 Å². The average Bonchev–Trinajstić information content (AvgIpc) is 2.34. The fourth-order valence-corrected chi connectivity index (χ4v) is 1.54. The molecule has 3 heteroatoms. The minimum atomic E-state index is 0.883. The van der Waals surface area contributed by atoms with Crippen LogP contribution < -0.4 is 0 Å². The van der Waals surface area contributed by atoms with Crippen LogP contribution in [0.2, 0.25) is 0 Å². The van der Waals surface area contributed by atoms with E-state index in [1.54, 1.807) is 18.3 Å². The second-order valence-electron chi connectivity index (χ2n) is 3.58. The van der Waals surface area contributed by atoms with Crippen LogP contribution in [0.5, 0.6) is 0 Å². The molecule has 0 saturated carbocycles. The molecule has 1 aromatic rings. The number of unbranched alkanes of at least 4 members (excludes halogenated alkanes) is 1. The van der Waals surface area contributed by atoms with Gasteiger partial charge in [-0.25, -0.2) is 0 Å². The lowest BCUT2D eigenvalue weighted by molar-refractivity contribution is 0.361. The maximum atomic E-state index is 3.93. The molecule has 3 nitrogen and oxygen atoms in total. The Morgan fingerprint density at radius 2 is 2.00 bits per heavy atom. The molecule has 1 aromatic carbocycles. The van der Waals surface area contributed by atoms with Gasteiger partial charge in [-0.3, -0.25) is 5.01 Å². The SMILES string of the molecule is C=CN(CCCCc1ccccc1)N=NC. The van der Waals surface area contributed by atoms with Crippen LogP contribution in [-0.4, -0.2) is 18.6 Å². The number of hydrogen-bond donors (Lipinski definition) is 0. The highest BCUT2D eigenvalue weighted by atomic mass is 15.5. The van der Waals surface area contributed by atoms with Gasteiger partial charge >= 0.3 is 0 Å². The predicted octanol–water partition coefficient (Wildman–Crippen LogP) is 3.45. The van der Waals surface area contributed by atoms with Crippen molar-refractivity contribution in [1.82, 2.24) is 5.01 Å². The fourth-order valence-electron chi connectivity index (χ4n) is 1.54. The summed E-state index contributed by atoms with van der Waals surface area (Å²) in [5, 5.41) is 9.42. The van der Waals surface area contributed by atoms with Gasteiger partial charge in [0.25, 0.3) is 0 Å². The van der Waals surface area contributed by atoms with E-state index in [1.165, 1.54) is 5.56 Å². The lowest BCUT2D eigenvalue weighted by Gasteiger charge is -2.11. The van der Waals surface area contributed by atoms with Crippen LogP contribution in [0.25, 0.3) is 0 Å².